The Balaban J connectivity index is 2.77. The van der Waals surface area contributed by atoms with E-state index in [0.29, 0.717) is 22.9 Å². The van der Waals surface area contributed by atoms with Crippen molar-refractivity contribution in [3.8, 4) is 5.75 Å². The normalized spacial score (nSPS) is 9.57. The van der Waals surface area contributed by atoms with Crippen molar-refractivity contribution in [1.82, 2.24) is 0 Å². The van der Waals surface area contributed by atoms with Gasteiger partial charge < -0.3 is 15.2 Å². The molecule has 0 atom stereocenters. The molecule has 14 heavy (non-hydrogen) atoms. The van der Waals surface area contributed by atoms with Gasteiger partial charge in [0.1, 0.15) is 12.4 Å². The molecule has 0 unspecified atom stereocenters. The quantitative estimate of drug-likeness (QED) is 0.728. The number of halogens is 1. The molecule has 4 nitrogen and oxygen atoms in total. The van der Waals surface area contributed by atoms with Gasteiger partial charge in [-0.05, 0) is 12.1 Å². The van der Waals surface area contributed by atoms with E-state index in [1.165, 1.54) is 0 Å². The average Bonchev–Trinajstić information content (AvgIpc) is 2.14. The van der Waals surface area contributed by atoms with Crippen molar-refractivity contribution < 1.29 is 14.6 Å². The number of aliphatic hydroxyl groups is 1. The second-order valence-corrected chi connectivity index (χ2v) is 2.95. The number of nitrogens with one attached hydrogen (secondary N) is 1. The summed E-state index contributed by atoms with van der Waals surface area (Å²) < 4.78 is 5.13. The predicted molar refractivity (Wildman–Crippen MR) is 53.7 cm³/mol. The molecule has 5 heteroatoms. The van der Waals surface area contributed by atoms with Gasteiger partial charge in [-0.1, -0.05) is 11.6 Å². The lowest BCUT2D eigenvalue weighted by atomic mass is 10.3. The summed E-state index contributed by atoms with van der Waals surface area (Å²) >= 11 is 5.77. The lowest BCUT2D eigenvalue weighted by Gasteiger charge is -2.06. The van der Waals surface area contributed by atoms with E-state index in [9.17, 15) is 4.79 Å². The second-order valence-electron chi connectivity index (χ2n) is 2.51. The zero-order valence-corrected chi connectivity index (χ0v) is 8.12. The Morgan fingerprint density at radius 2 is 2.29 bits per heavy atom. The zero-order chi connectivity index (χ0) is 10.4. The minimum atomic E-state index is -0.0665. The van der Waals surface area contributed by atoms with Crippen molar-refractivity contribution in [1.29, 1.82) is 0 Å². The number of anilines is 1. The maximum Gasteiger partial charge on any atom is 0.211 e. The summed E-state index contributed by atoms with van der Waals surface area (Å²) in [7, 11) is 0. The van der Waals surface area contributed by atoms with Crippen LogP contribution in [-0.4, -0.2) is 24.7 Å². The van der Waals surface area contributed by atoms with Crippen LogP contribution < -0.4 is 10.1 Å². The standard InChI is InChI=1S/C9H10ClNO3/c10-7-3-8(11-6-13)5-9(4-7)14-2-1-12/h3-6,12H,1-2H2,(H,11,13). The Hall–Kier alpha value is -1.26. The molecule has 76 valence electrons. The summed E-state index contributed by atoms with van der Waals surface area (Å²) in [5.41, 5.74) is 0.556. The van der Waals surface area contributed by atoms with Gasteiger partial charge in [0.25, 0.3) is 0 Å². The average molecular weight is 216 g/mol. The summed E-state index contributed by atoms with van der Waals surface area (Å²) in [5, 5.41) is 11.5. The molecule has 0 aliphatic heterocycles. The summed E-state index contributed by atoms with van der Waals surface area (Å²) in [6.07, 6.45) is 0.557. The van der Waals surface area contributed by atoms with Gasteiger partial charge in [-0.15, -0.1) is 0 Å². The molecule has 1 amide bonds. The lowest BCUT2D eigenvalue weighted by molar-refractivity contribution is -0.105. The summed E-state index contributed by atoms with van der Waals surface area (Å²) in [5.74, 6) is 0.510. The van der Waals surface area contributed by atoms with Gasteiger partial charge >= 0.3 is 0 Å². The largest absolute Gasteiger partial charge is 0.491 e. The summed E-state index contributed by atoms with van der Waals surface area (Å²) in [6.45, 7) is 0.129. The van der Waals surface area contributed by atoms with Crippen molar-refractivity contribution in [2.45, 2.75) is 0 Å². The van der Waals surface area contributed by atoms with Gasteiger partial charge in [0.15, 0.2) is 0 Å². The molecule has 1 rings (SSSR count). The Morgan fingerprint density at radius 3 is 2.93 bits per heavy atom. The van der Waals surface area contributed by atoms with E-state index in [1.807, 2.05) is 0 Å². The first kappa shape index (κ1) is 10.8. The van der Waals surface area contributed by atoms with E-state index < -0.39 is 0 Å². The fraction of sp³-hybridized carbons (Fsp3) is 0.222. The number of carbonyl (C=O) groups excluding carboxylic acids is 1. The van der Waals surface area contributed by atoms with Crippen molar-refractivity contribution in [3.05, 3.63) is 23.2 Å². The van der Waals surface area contributed by atoms with Crippen molar-refractivity contribution in [3.63, 3.8) is 0 Å². The summed E-state index contributed by atoms with van der Waals surface area (Å²) in [4.78, 5) is 10.2. The number of hydrogen-bond acceptors (Lipinski definition) is 3. The number of carbonyl (C=O) groups is 1. The van der Waals surface area contributed by atoms with E-state index in [2.05, 4.69) is 5.32 Å². The molecule has 0 aliphatic rings. The molecule has 0 spiro atoms. The topological polar surface area (TPSA) is 58.6 Å². The third-order valence-corrected chi connectivity index (χ3v) is 1.68. The highest BCUT2D eigenvalue weighted by Gasteiger charge is 1.99. The van der Waals surface area contributed by atoms with Crippen molar-refractivity contribution in [2.24, 2.45) is 0 Å². The first-order chi connectivity index (χ1) is 6.76. The van der Waals surface area contributed by atoms with E-state index in [4.69, 9.17) is 21.4 Å². The fourth-order valence-corrected chi connectivity index (χ4v) is 1.19. The van der Waals surface area contributed by atoms with Crippen LogP contribution in [0.3, 0.4) is 0 Å². The van der Waals surface area contributed by atoms with E-state index >= 15 is 0 Å². The van der Waals surface area contributed by atoms with Gasteiger partial charge in [-0.3, -0.25) is 4.79 Å². The zero-order valence-electron chi connectivity index (χ0n) is 7.37. The Bertz CT molecular complexity index is 317. The lowest BCUT2D eigenvalue weighted by Crippen LogP contribution is -2.02. The third kappa shape index (κ3) is 3.24. The smallest absolute Gasteiger partial charge is 0.211 e. The second kappa shape index (κ2) is 5.47. The molecule has 0 aliphatic carbocycles. The van der Waals surface area contributed by atoms with Crippen LogP contribution >= 0.6 is 11.6 Å². The van der Waals surface area contributed by atoms with Crippen LogP contribution in [0.2, 0.25) is 5.02 Å². The molecule has 1 aromatic rings. The van der Waals surface area contributed by atoms with Gasteiger partial charge in [0, 0.05) is 16.8 Å². The maximum absolute atomic E-state index is 10.2. The molecule has 2 N–H and O–H groups in total. The molecular weight excluding hydrogens is 206 g/mol. The molecule has 0 aromatic heterocycles. The summed E-state index contributed by atoms with van der Waals surface area (Å²) in [6, 6.07) is 4.82. The molecule has 0 bridgehead atoms. The monoisotopic (exact) mass is 215 g/mol. The van der Waals surface area contributed by atoms with Crippen LogP contribution in [0.5, 0.6) is 5.75 Å². The molecule has 1 aromatic carbocycles. The predicted octanol–water partition coefficient (Wildman–Crippen LogP) is 1.28. The molecule has 0 saturated carbocycles. The molecule has 0 radical (unpaired) electrons. The Morgan fingerprint density at radius 1 is 1.50 bits per heavy atom. The number of hydrogen-bond donors (Lipinski definition) is 2. The first-order valence-corrected chi connectivity index (χ1v) is 4.38. The van der Waals surface area contributed by atoms with E-state index in [-0.39, 0.29) is 13.2 Å². The molecule has 0 fully saturated rings. The highest BCUT2D eigenvalue weighted by atomic mass is 35.5. The van der Waals surface area contributed by atoms with Gasteiger partial charge in [-0.25, -0.2) is 0 Å². The minimum absolute atomic E-state index is 0.0665. The first-order valence-electron chi connectivity index (χ1n) is 4.00. The Kier molecular flexibility index (Phi) is 4.22. The van der Waals surface area contributed by atoms with Gasteiger partial charge in [0.05, 0.1) is 6.61 Å². The number of ether oxygens (including phenoxy) is 1. The molecular formula is C9H10ClNO3. The number of rotatable bonds is 5. The Labute approximate surface area is 86.4 Å². The van der Waals surface area contributed by atoms with Crippen molar-refractivity contribution >= 4 is 23.7 Å². The third-order valence-electron chi connectivity index (χ3n) is 1.46. The maximum atomic E-state index is 10.2. The van der Waals surface area contributed by atoms with Gasteiger partial charge in [0.2, 0.25) is 6.41 Å². The van der Waals surface area contributed by atoms with E-state index in [0.717, 1.165) is 0 Å². The minimum Gasteiger partial charge on any atom is -0.491 e. The number of amides is 1. The molecule has 0 heterocycles. The van der Waals surface area contributed by atoms with Crippen LogP contribution in [0.1, 0.15) is 0 Å². The van der Waals surface area contributed by atoms with Crippen LogP contribution in [0.25, 0.3) is 0 Å². The van der Waals surface area contributed by atoms with Crippen LogP contribution in [0.4, 0.5) is 5.69 Å². The van der Waals surface area contributed by atoms with Crippen LogP contribution in [0.15, 0.2) is 18.2 Å². The van der Waals surface area contributed by atoms with E-state index in [1.54, 1.807) is 18.2 Å². The highest BCUT2D eigenvalue weighted by molar-refractivity contribution is 6.31. The van der Waals surface area contributed by atoms with Crippen molar-refractivity contribution in [2.75, 3.05) is 18.5 Å². The number of benzene rings is 1. The molecule has 0 saturated heterocycles. The van der Waals surface area contributed by atoms with Crippen LogP contribution in [-0.2, 0) is 4.79 Å². The fourth-order valence-electron chi connectivity index (χ4n) is 0.961. The SMILES string of the molecule is O=CNc1cc(Cl)cc(OCCO)c1. The number of aliphatic hydroxyl groups excluding tert-OH is 1. The van der Waals surface area contributed by atoms with Gasteiger partial charge in [-0.2, -0.15) is 0 Å². The highest BCUT2D eigenvalue weighted by Crippen LogP contribution is 2.23. The van der Waals surface area contributed by atoms with Crippen LogP contribution in [0, 0.1) is 0 Å².